The number of benzene rings is 1. The number of nitrogens with one attached hydrogen (secondary N) is 1. The molecule has 1 aromatic carbocycles. The van der Waals surface area contributed by atoms with Crippen LogP contribution in [0.1, 0.15) is 18.4 Å². The SMILES string of the molecule is O=C(O)CCCNC(=O)/C=C/c1ccccc1. The zero-order valence-corrected chi connectivity index (χ0v) is 9.43. The van der Waals surface area contributed by atoms with E-state index in [4.69, 9.17) is 5.11 Å². The summed E-state index contributed by atoms with van der Waals surface area (Å²) in [4.78, 5) is 21.5. The maximum atomic E-state index is 11.3. The molecule has 0 atom stereocenters. The van der Waals surface area contributed by atoms with Crippen LogP contribution in [0.5, 0.6) is 0 Å². The summed E-state index contributed by atoms with van der Waals surface area (Å²) in [5.41, 5.74) is 0.952. The van der Waals surface area contributed by atoms with Gasteiger partial charge in [-0.25, -0.2) is 0 Å². The minimum Gasteiger partial charge on any atom is -0.481 e. The summed E-state index contributed by atoms with van der Waals surface area (Å²) in [6, 6.07) is 9.49. The van der Waals surface area contributed by atoms with E-state index < -0.39 is 5.97 Å². The van der Waals surface area contributed by atoms with Gasteiger partial charge in [0.2, 0.25) is 5.91 Å². The van der Waals surface area contributed by atoms with E-state index in [0.29, 0.717) is 13.0 Å². The zero-order valence-electron chi connectivity index (χ0n) is 9.43. The van der Waals surface area contributed by atoms with Gasteiger partial charge in [0.05, 0.1) is 0 Å². The van der Waals surface area contributed by atoms with E-state index in [1.54, 1.807) is 6.08 Å². The fourth-order valence-corrected chi connectivity index (χ4v) is 1.25. The fourth-order valence-electron chi connectivity index (χ4n) is 1.25. The topological polar surface area (TPSA) is 66.4 Å². The largest absolute Gasteiger partial charge is 0.481 e. The molecule has 0 unspecified atom stereocenters. The van der Waals surface area contributed by atoms with E-state index in [1.165, 1.54) is 6.08 Å². The average Bonchev–Trinajstić information content (AvgIpc) is 2.33. The number of hydrogen-bond acceptors (Lipinski definition) is 2. The van der Waals surface area contributed by atoms with Gasteiger partial charge in [-0.1, -0.05) is 30.3 Å². The lowest BCUT2D eigenvalue weighted by molar-refractivity contribution is -0.137. The summed E-state index contributed by atoms with van der Waals surface area (Å²) in [6.45, 7) is 0.379. The van der Waals surface area contributed by atoms with Crippen LogP contribution in [0.2, 0.25) is 0 Å². The maximum Gasteiger partial charge on any atom is 0.303 e. The number of amides is 1. The Balaban J connectivity index is 2.25. The predicted molar refractivity (Wildman–Crippen MR) is 65.4 cm³/mol. The number of carbonyl (C=O) groups is 2. The third-order valence-electron chi connectivity index (χ3n) is 2.09. The zero-order chi connectivity index (χ0) is 12.5. The van der Waals surface area contributed by atoms with Crippen LogP contribution >= 0.6 is 0 Å². The highest BCUT2D eigenvalue weighted by atomic mass is 16.4. The van der Waals surface area contributed by atoms with Gasteiger partial charge in [-0.15, -0.1) is 0 Å². The van der Waals surface area contributed by atoms with Crippen LogP contribution in [0.3, 0.4) is 0 Å². The molecule has 0 radical (unpaired) electrons. The maximum absolute atomic E-state index is 11.3. The molecule has 90 valence electrons. The minimum atomic E-state index is -0.848. The Morgan fingerprint density at radius 1 is 1.24 bits per heavy atom. The molecule has 0 aliphatic carbocycles. The summed E-state index contributed by atoms with van der Waals surface area (Å²) < 4.78 is 0. The van der Waals surface area contributed by atoms with Crippen LogP contribution in [0.25, 0.3) is 6.08 Å². The monoisotopic (exact) mass is 233 g/mol. The van der Waals surface area contributed by atoms with Crippen molar-refractivity contribution in [2.24, 2.45) is 0 Å². The molecular formula is C13H15NO3. The molecule has 0 heterocycles. The van der Waals surface area contributed by atoms with Gasteiger partial charge in [-0.3, -0.25) is 9.59 Å². The number of aliphatic carboxylic acids is 1. The highest BCUT2D eigenvalue weighted by Crippen LogP contribution is 2.00. The van der Waals surface area contributed by atoms with Crippen LogP contribution < -0.4 is 5.32 Å². The Morgan fingerprint density at radius 2 is 1.94 bits per heavy atom. The van der Waals surface area contributed by atoms with Crippen LogP contribution in [0.15, 0.2) is 36.4 Å². The summed E-state index contributed by atoms with van der Waals surface area (Å²) in [5.74, 6) is -1.06. The second-order valence-electron chi connectivity index (χ2n) is 3.53. The molecule has 1 rings (SSSR count). The van der Waals surface area contributed by atoms with Crippen molar-refractivity contribution in [3.8, 4) is 0 Å². The molecule has 4 nitrogen and oxygen atoms in total. The van der Waals surface area contributed by atoms with Crippen molar-refractivity contribution in [3.63, 3.8) is 0 Å². The Hall–Kier alpha value is -2.10. The van der Waals surface area contributed by atoms with Gasteiger partial charge in [0.25, 0.3) is 0 Å². The standard InChI is InChI=1S/C13H15NO3/c15-12(14-10-4-7-13(16)17)9-8-11-5-2-1-3-6-11/h1-3,5-6,8-9H,4,7,10H2,(H,14,15)(H,16,17)/b9-8+. The molecule has 2 N–H and O–H groups in total. The van der Waals surface area contributed by atoms with Crippen molar-refractivity contribution >= 4 is 18.0 Å². The van der Waals surface area contributed by atoms with E-state index in [1.807, 2.05) is 30.3 Å². The second-order valence-corrected chi connectivity index (χ2v) is 3.53. The van der Waals surface area contributed by atoms with Crippen molar-refractivity contribution in [2.75, 3.05) is 6.54 Å². The second kappa shape index (κ2) is 7.22. The van der Waals surface area contributed by atoms with Crippen LogP contribution in [-0.2, 0) is 9.59 Å². The summed E-state index contributed by atoms with van der Waals surface area (Å²) in [5, 5.41) is 11.0. The number of carboxylic acid groups (broad SMARTS) is 1. The Kier molecular flexibility index (Phi) is 5.51. The first-order valence-electron chi connectivity index (χ1n) is 5.41. The molecule has 0 fully saturated rings. The highest BCUT2D eigenvalue weighted by Gasteiger charge is 1.98. The molecule has 0 aliphatic heterocycles. The molecule has 17 heavy (non-hydrogen) atoms. The van der Waals surface area contributed by atoms with Crippen LogP contribution in [-0.4, -0.2) is 23.5 Å². The van der Waals surface area contributed by atoms with Gasteiger partial charge in [-0.2, -0.15) is 0 Å². The number of carboxylic acids is 1. The third-order valence-corrected chi connectivity index (χ3v) is 2.09. The van der Waals surface area contributed by atoms with E-state index in [2.05, 4.69) is 5.32 Å². The van der Waals surface area contributed by atoms with Gasteiger partial charge < -0.3 is 10.4 Å². The first-order chi connectivity index (χ1) is 8.18. The highest BCUT2D eigenvalue weighted by molar-refractivity contribution is 5.91. The fraction of sp³-hybridized carbons (Fsp3) is 0.231. The molecule has 4 heteroatoms. The van der Waals surface area contributed by atoms with E-state index in [0.717, 1.165) is 5.56 Å². The Labute approximate surface area is 100.0 Å². The summed E-state index contributed by atoms with van der Waals surface area (Å²) in [7, 11) is 0. The quantitative estimate of drug-likeness (QED) is 0.580. The predicted octanol–water partition coefficient (Wildman–Crippen LogP) is 1.68. The summed E-state index contributed by atoms with van der Waals surface area (Å²) >= 11 is 0. The third kappa shape index (κ3) is 6.14. The van der Waals surface area contributed by atoms with E-state index >= 15 is 0 Å². The van der Waals surface area contributed by atoms with Crippen molar-refractivity contribution in [3.05, 3.63) is 42.0 Å². The van der Waals surface area contributed by atoms with Crippen LogP contribution in [0, 0.1) is 0 Å². The average molecular weight is 233 g/mol. The van der Waals surface area contributed by atoms with E-state index in [9.17, 15) is 9.59 Å². The molecule has 0 aliphatic rings. The van der Waals surface area contributed by atoms with Crippen molar-refractivity contribution < 1.29 is 14.7 Å². The first-order valence-corrected chi connectivity index (χ1v) is 5.41. The molecular weight excluding hydrogens is 218 g/mol. The summed E-state index contributed by atoms with van der Waals surface area (Å²) in [6.07, 6.45) is 3.67. The molecule has 0 aromatic heterocycles. The lowest BCUT2D eigenvalue weighted by Crippen LogP contribution is -2.22. The van der Waals surface area contributed by atoms with Crippen molar-refractivity contribution in [1.82, 2.24) is 5.32 Å². The lowest BCUT2D eigenvalue weighted by Gasteiger charge is -1.99. The van der Waals surface area contributed by atoms with Gasteiger partial charge in [0.1, 0.15) is 0 Å². The van der Waals surface area contributed by atoms with Crippen molar-refractivity contribution in [2.45, 2.75) is 12.8 Å². The minimum absolute atomic E-state index is 0.0721. The smallest absolute Gasteiger partial charge is 0.303 e. The van der Waals surface area contributed by atoms with Gasteiger partial charge >= 0.3 is 5.97 Å². The van der Waals surface area contributed by atoms with E-state index in [-0.39, 0.29) is 12.3 Å². The van der Waals surface area contributed by atoms with Gasteiger partial charge in [-0.05, 0) is 18.1 Å². The molecule has 1 aromatic rings. The molecule has 0 saturated carbocycles. The van der Waals surface area contributed by atoms with Crippen LogP contribution in [0.4, 0.5) is 0 Å². The molecule has 1 amide bonds. The lowest BCUT2D eigenvalue weighted by atomic mass is 10.2. The normalized spacial score (nSPS) is 10.4. The molecule has 0 bridgehead atoms. The molecule has 0 spiro atoms. The Bertz CT molecular complexity index is 398. The number of rotatable bonds is 6. The first kappa shape index (κ1) is 13.0. The number of carbonyl (C=O) groups excluding carboxylic acids is 1. The van der Waals surface area contributed by atoms with Gasteiger partial charge in [0.15, 0.2) is 0 Å². The Morgan fingerprint density at radius 3 is 2.59 bits per heavy atom. The van der Waals surface area contributed by atoms with Gasteiger partial charge in [0, 0.05) is 19.0 Å². The molecule has 0 saturated heterocycles. The van der Waals surface area contributed by atoms with Crippen molar-refractivity contribution in [1.29, 1.82) is 0 Å². The number of hydrogen-bond donors (Lipinski definition) is 2.